The molecule has 0 aliphatic carbocycles. The van der Waals surface area contributed by atoms with E-state index in [9.17, 15) is 9.90 Å². The van der Waals surface area contributed by atoms with Gasteiger partial charge in [0.1, 0.15) is 18.5 Å². The summed E-state index contributed by atoms with van der Waals surface area (Å²) in [6.45, 7) is 4.41. The molecule has 1 aromatic carbocycles. The van der Waals surface area contributed by atoms with E-state index in [2.05, 4.69) is 20.8 Å². The third-order valence-corrected chi connectivity index (χ3v) is 4.59. The fourth-order valence-electron chi connectivity index (χ4n) is 2.98. The lowest BCUT2D eigenvalue weighted by Crippen LogP contribution is -2.45. The first kappa shape index (κ1) is 20.1. The zero-order chi connectivity index (χ0) is 20.1. The zero-order valence-corrected chi connectivity index (χ0v) is 16.0. The van der Waals surface area contributed by atoms with Crippen molar-refractivity contribution in [2.75, 3.05) is 25.1 Å². The Morgan fingerprint density at radius 1 is 1.36 bits per heavy atom. The maximum Gasteiger partial charge on any atom is 0.256 e. The number of aromatic nitrogens is 2. The van der Waals surface area contributed by atoms with Crippen LogP contribution in [0.2, 0.25) is 0 Å². The van der Waals surface area contributed by atoms with E-state index >= 15 is 0 Å². The highest BCUT2D eigenvalue weighted by atomic mass is 16.5. The molecular weight excluding hydrogens is 360 g/mol. The van der Waals surface area contributed by atoms with Gasteiger partial charge in [-0.3, -0.25) is 9.89 Å². The molecular formula is C20H26N4O4. The molecule has 1 atom stereocenters. The van der Waals surface area contributed by atoms with Gasteiger partial charge in [-0.2, -0.15) is 5.10 Å². The van der Waals surface area contributed by atoms with Gasteiger partial charge in [0, 0.05) is 24.9 Å². The Labute approximate surface area is 163 Å². The van der Waals surface area contributed by atoms with Crippen molar-refractivity contribution in [2.45, 2.75) is 31.9 Å². The molecule has 0 spiro atoms. The maximum absolute atomic E-state index is 12.4. The molecule has 5 N–H and O–H groups in total. The Hall–Kier alpha value is -2.68. The van der Waals surface area contributed by atoms with Crippen LogP contribution in [0, 0.1) is 0 Å². The lowest BCUT2D eigenvalue weighted by Gasteiger charge is -2.27. The summed E-state index contributed by atoms with van der Waals surface area (Å²) in [5.41, 5.74) is 2.25. The van der Waals surface area contributed by atoms with Gasteiger partial charge in [-0.1, -0.05) is 6.07 Å². The van der Waals surface area contributed by atoms with Crippen LogP contribution in [0.3, 0.4) is 0 Å². The lowest BCUT2D eigenvalue weighted by atomic mass is 10.0. The molecule has 0 radical (unpaired) electrons. The average molecular weight is 386 g/mol. The second-order valence-corrected chi connectivity index (χ2v) is 7.41. The van der Waals surface area contributed by atoms with Gasteiger partial charge in [-0.25, -0.2) is 0 Å². The fraction of sp³-hybridized carbons (Fsp3) is 0.400. The van der Waals surface area contributed by atoms with Gasteiger partial charge < -0.3 is 25.6 Å². The Morgan fingerprint density at radius 3 is 2.89 bits per heavy atom. The van der Waals surface area contributed by atoms with Gasteiger partial charge in [0.25, 0.3) is 5.91 Å². The summed E-state index contributed by atoms with van der Waals surface area (Å²) >= 11 is 0. The van der Waals surface area contributed by atoms with Crippen LogP contribution in [0.5, 0.6) is 5.75 Å². The van der Waals surface area contributed by atoms with Crippen LogP contribution < -0.4 is 15.4 Å². The van der Waals surface area contributed by atoms with Crippen molar-refractivity contribution in [1.29, 1.82) is 0 Å². The first-order valence-corrected chi connectivity index (χ1v) is 9.22. The first-order chi connectivity index (χ1) is 13.4. The lowest BCUT2D eigenvalue weighted by molar-refractivity contribution is -0.110. The molecule has 3 rings (SSSR count). The Balaban J connectivity index is 1.70. The number of hydrogen-bond donors (Lipinski definition) is 5. The molecule has 2 aromatic rings. The average Bonchev–Trinajstić information content (AvgIpc) is 3.27. The number of fused-ring (bicyclic) bond motifs is 1. The third-order valence-electron chi connectivity index (χ3n) is 4.59. The highest BCUT2D eigenvalue weighted by Gasteiger charge is 2.28. The number of hydrogen-bond acceptors (Lipinski definition) is 6. The molecule has 1 unspecified atom stereocenters. The first-order valence-electron chi connectivity index (χ1n) is 9.22. The monoisotopic (exact) mass is 386 g/mol. The minimum Gasteiger partial charge on any atom is -0.490 e. The van der Waals surface area contributed by atoms with E-state index in [4.69, 9.17) is 9.84 Å². The number of carbonyl (C=O) groups is 1. The summed E-state index contributed by atoms with van der Waals surface area (Å²) in [6, 6.07) is 7.15. The number of β-amino-alcohol motifs (C(OH)–C–C–N with tert-alkyl or cyclic N) is 1. The highest BCUT2D eigenvalue weighted by molar-refractivity contribution is 6.35. The van der Waals surface area contributed by atoms with Crippen LogP contribution in [-0.2, 0) is 4.79 Å². The second-order valence-electron chi connectivity index (χ2n) is 7.41. The summed E-state index contributed by atoms with van der Waals surface area (Å²) in [4.78, 5) is 12.4. The smallest absolute Gasteiger partial charge is 0.256 e. The molecule has 2 heterocycles. The van der Waals surface area contributed by atoms with Crippen molar-refractivity contribution in [3.05, 3.63) is 41.7 Å². The predicted molar refractivity (Wildman–Crippen MR) is 107 cm³/mol. The van der Waals surface area contributed by atoms with Gasteiger partial charge in [0.05, 0.1) is 22.5 Å². The Bertz CT molecular complexity index is 846. The van der Waals surface area contributed by atoms with E-state index in [0.717, 1.165) is 0 Å². The second kappa shape index (κ2) is 8.55. The Kier molecular flexibility index (Phi) is 6.13. The number of rotatable bonds is 9. The predicted octanol–water partition coefficient (Wildman–Crippen LogP) is 1.39. The molecule has 0 saturated carbocycles. The number of carbonyl (C=O) groups excluding carboxylic acids is 1. The Morgan fingerprint density at radius 2 is 2.18 bits per heavy atom. The van der Waals surface area contributed by atoms with Crippen LogP contribution in [0.4, 0.5) is 5.69 Å². The van der Waals surface area contributed by atoms with Crippen molar-refractivity contribution < 1.29 is 19.7 Å². The topological polar surface area (TPSA) is 120 Å². The minimum absolute atomic E-state index is 0.0736. The van der Waals surface area contributed by atoms with Gasteiger partial charge in [-0.15, -0.1) is 0 Å². The molecule has 0 fully saturated rings. The quantitative estimate of drug-likeness (QED) is 0.416. The molecule has 28 heavy (non-hydrogen) atoms. The van der Waals surface area contributed by atoms with Crippen LogP contribution >= 0.6 is 0 Å². The number of nitrogens with zero attached hydrogens (tertiary/aromatic N) is 1. The van der Waals surface area contributed by atoms with Crippen molar-refractivity contribution in [3.63, 3.8) is 0 Å². The molecule has 8 heteroatoms. The summed E-state index contributed by atoms with van der Waals surface area (Å²) in [7, 11) is 0. The fourth-order valence-corrected chi connectivity index (χ4v) is 2.98. The third kappa shape index (κ3) is 4.78. The van der Waals surface area contributed by atoms with Gasteiger partial charge in [-0.05, 0) is 44.5 Å². The van der Waals surface area contributed by atoms with E-state index in [-0.39, 0.29) is 24.7 Å². The van der Waals surface area contributed by atoms with Crippen LogP contribution in [0.15, 0.2) is 30.5 Å². The van der Waals surface area contributed by atoms with Crippen molar-refractivity contribution in [1.82, 2.24) is 15.5 Å². The number of amides is 1. The van der Waals surface area contributed by atoms with Crippen LogP contribution in [0.1, 0.15) is 31.5 Å². The number of anilines is 1. The minimum atomic E-state index is -0.737. The van der Waals surface area contributed by atoms with Gasteiger partial charge >= 0.3 is 0 Å². The molecule has 1 amide bonds. The van der Waals surface area contributed by atoms with Crippen LogP contribution in [0.25, 0.3) is 11.6 Å². The zero-order valence-electron chi connectivity index (χ0n) is 16.0. The van der Waals surface area contributed by atoms with Crippen molar-refractivity contribution in [2.24, 2.45) is 0 Å². The van der Waals surface area contributed by atoms with E-state index in [1.165, 1.54) is 0 Å². The molecule has 1 aromatic heterocycles. The normalized spacial score (nSPS) is 16.1. The number of nitrogens with one attached hydrogen (secondary N) is 3. The summed E-state index contributed by atoms with van der Waals surface area (Å²) in [5.74, 6) is 0.309. The summed E-state index contributed by atoms with van der Waals surface area (Å²) in [5, 5.41) is 32.1. The highest BCUT2D eigenvalue weighted by Crippen LogP contribution is 2.39. The van der Waals surface area contributed by atoms with E-state index in [1.54, 1.807) is 30.5 Å². The number of aliphatic hydroxyl groups excluding tert-OH is 2. The SMILES string of the molecule is CC(C)(CCO)NCC(O)COc1cccc2c1C(=Cc1ccn[nH]1)C(=O)N2. The molecule has 8 nitrogen and oxygen atoms in total. The summed E-state index contributed by atoms with van der Waals surface area (Å²) in [6.07, 6.45) is 3.18. The molecule has 0 saturated heterocycles. The standard InChI is InChI=1S/C20H26N4O4/c1-20(2,7-9-25)21-11-14(26)12-28-17-5-3-4-16-18(17)15(19(27)23-16)10-13-6-8-22-24-13/h3-6,8,10,14,21,25-26H,7,9,11-12H2,1-2H3,(H,22,24)(H,23,27). The van der Waals surface area contributed by atoms with Gasteiger partial charge in [0.2, 0.25) is 0 Å². The number of aliphatic hydroxyl groups is 2. The number of aromatic amines is 1. The number of ether oxygens (including phenoxy) is 1. The van der Waals surface area contributed by atoms with Crippen LogP contribution in [-0.4, -0.2) is 57.7 Å². The summed E-state index contributed by atoms with van der Waals surface area (Å²) < 4.78 is 5.84. The van der Waals surface area contributed by atoms with Crippen molar-refractivity contribution in [3.8, 4) is 5.75 Å². The molecule has 0 bridgehead atoms. The molecule has 1 aliphatic heterocycles. The van der Waals surface area contributed by atoms with E-state index in [0.29, 0.717) is 41.2 Å². The number of H-pyrrole nitrogens is 1. The van der Waals surface area contributed by atoms with E-state index < -0.39 is 6.10 Å². The van der Waals surface area contributed by atoms with E-state index in [1.807, 2.05) is 19.9 Å². The molecule has 150 valence electrons. The molecule has 1 aliphatic rings. The largest absolute Gasteiger partial charge is 0.490 e. The maximum atomic E-state index is 12.4. The van der Waals surface area contributed by atoms with Crippen molar-refractivity contribution >= 4 is 23.2 Å². The van der Waals surface area contributed by atoms with Gasteiger partial charge in [0.15, 0.2) is 0 Å². The number of benzene rings is 1.